The Morgan fingerprint density at radius 2 is 2.19 bits per heavy atom. The van der Waals surface area contributed by atoms with Gasteiger partial charge in [-0.25, -0.2) is 9.97 Å². The van der Waals surface area contributed by atoms with E-state index in [1.165, 1.54) is 0 Å². The quantitative estimate of drug-likeness (QED) is 0.609. The molecular weight excluding hydrogens is 334 g/mol. The number of imidazole rings is 1. The predicted molar refractivity (Wildman–Crippen MR) is 94.2 cm³/mol. The first-order valence-electron chi connectivity index (χ1n) is 7.87. The zero-order chi connectivity index (χ0) is 18.1. The molecule has 0 atom stereocenters. The number of hydrogen-bond acceptors (Lipinski definition) is 6. The molecule has 1 N–H and O–H groups in total. The van der Waals surface area contributed by atoms with E-state index in [4.69, 9.17) is 9.26 Å². The van der Waals surface area contributed by atoms with Crippen molar-refractivity contribution in [2.45, 2.75) is 6.92 Å². The summed E-state index contributed by atoms with van der Waals surface area (Å²) in [4.78, 5) is 21.1. The van der Waals surface area contributed by atoms with Crippen molar-refractivity contribution in [3.05, 3.63) is 60.4 Å². The third-order valence-electron chi connectivity index (χ3n) is 3.84. The number of benzene rings is 1. The molecule has 3 heterocycles. The van der Waals surface area contributed by atoms with Gasteiger partial charge < -0.3 is 14.6 Å². The molecule has 0 radical (unpaired) electrons. The van der Waals surface area contributed by atoms with Gasteiger partial charge in [0.15, 0.2) is 5.69 Å². The Balaban J connectivity index is 1.69. The SMILES string of the molecule is COc1ccc(-c2cn3cccnc3n2)cc1NC(=O)c1cc(C)on1. The molecule has 0 unspecified atom stereocenters. The molecule has 0 aliphatic heterocycles. The second-order valence-corrected chi connectivity index (χ2v) is 5.65. The molecular formula is C18H15N5O3. The van der Waals surface area contributed by atoms with Crippen molar-refractivity contribution >= 4 is 17.4 Å². The number of nitrogens with one attached hydrogen (secondary N) is 1. The van der Waals surface area contributed by atoms with Gasteiger partial charge in [0.2, 0.25) is 5.78 Å². The van der Waals surface area contributed by atoms with E-state index < -0.39 is 0 Å². The van der Waals surface area contributed by atoms with Gasteiger partial charge in [-0.15, -0.1) is 0 Å². The lowest BCUT2D eigenvalue weighted by Gasteiger charge is -2.10. The Morgan fingerprint density at radius 3 is 2.92 bits per heavy atom. The van der Waals surface area contributed by atoms with Gasteiger partial charge in [-0.2, -0.15) is 0 Å². The van der Waals surface area contributed by atoms with Crippen LogP contribution in [0.5, 0.6) is 5.75 Å². The van der Waals surface area contributed by atoms with Crippen molar-refractivity contribution < 1.29 is 14.1 Å². The summed E-state index contributed by atoms with van der Waals surface area (Å²) in [7, 11) is 1.54. The first-order chi connectivity index (χ1) is 12.6. The maximum atomic E-state index is 12.4. The van der Waals surface area contributed by atoms with Crippen molar-refractivity contribution in [3.63, 3.8) is 0 Å². The predicted octanol–water partition coefficient (Wildman–Crippen LogP) is 2.95. The van der Waals surface area contributed by atoms with Crippen molar-refractivity contribution in [3.8, 4) is 17.0 Å². The molecule has 0 aliphatic carbocycles. The van der Waals surface area contributed by atoms with Crippen LogP contribution in [0.3, 0.4) is 0 Å². The number of aryl methyl sites for hydroxylation is 1. The van der Waals surface area contributed by atoms with Gasteiger partial charge in [0, 0.05) is 30.2 Å². The summed E-state index contributed by atoms with van der Waals surface area (Å²) in [5, 5.41) is 6.52. The summed E-state index contributed by atoms with van der Waals surface area (Å²) in [6, 6.07) is 8.84. The zero-order valence-corrected chi connectivity index (χ0v) is 14.1. The molecule has 130 valence electrons. The van der Waals surface area contributed by atoms with Crippen LogP contribution in [0, 0.1) is 6.92 Å². The van der Waals surface area contributed by atoms with Crippen molar-refractivity contribution in [2.75, 3.05) is 12.4 Å². The number of methoxy groups -OCH3 is 1. The summed E-state index contributed by atoms with van der Waals surface area (Å²) in [6.07, 6.45) is 5.43. The van der Waals surface area contributed by atoms with Crippen molar-refractivity contribution in [1.82, 2.24) is 19.5 Å². The molecule has 0 bridgehead atoms. The average molecular weight is 349 g/mol. The van der Waals surface area contributed by atoms with E-state index in [2.05, 4.69) is 20.4 Å². The molecule has 3 aromatic heterocycles. The Bertz CT molecular complexity index is 1070. The maximum absolute atomic E-state index is 12.4. The smallest absolute Gasteiger partial charge is 0.277 e. The van der Waals surface area contributed by atoms with Crippen LogP contribution in [0.25, 0.3) is 17.0 Å². The highest BCUT2D eigenvalue weighted by Gasteiger charge is 2.15. The normalized spacial score (nSPS) is 10.8. The van der Waals surface area contributed by atoms with Crippen LogP contribution in [0.2, 0.25) is 0 Å². The van der Waals surface area contributed by atoms with Crippen LogP contribution in [0.15, 0.2) is 53.4 Å². The highest BCUT2D eigenvalue weighted by Crippen LogP contribution is 2.30. The van der Waals surface area contributed by atoms with Gasteiger partial charge in [-0.05, 0) is 31.2 Å². The fourth-order valence-electron chi connectivity index (χ4n) is 2.59. The number of ether oxygens (including phenoxy) is 1. The lowest BCUT2D eigenvalue weighted by Crippen LogP contribution is -2.13. The molecule has 1 aromatic carbocycles. The summed E-state index contributed by atoms with van der Waals surface area (Å²) in [5.74, 6) is 1.31. The van der Waals surface area contributed by atoms with E-state index in [9.17, 15) is 4.79 Å². The van der Waals surface area contributed by atoms with Crippen LogP contribution < -0.4 is 10.1 Å². The molecule has 0 saturated heterocycles. The minimum Gasteiger partial charge on any atom is -0.495 e. The van der Waals surface area contributed by atoms with Crippen molar-refractivity contribution in [1.29, 1.82) is 0 Å². The number of anilines is 1. The molecule has 8 heteroatoms. The fraction of sp³-hybridized carbons (Fsp3) is 0.111. The molecule has 4 rings (SSSR count). The number of carbonyl (C=O) groups is 1. The van der Waals surface area contributed by atoms with E-state index >= 15 is 0 Å². The van der Waals surface area contributed by atoms with Crippen molar-refractivity contribution in [2.24, 2.45) is 0 Å². The molecule has 0 fully saturated rings. The average Bonchev–Trinajstić information content (AvgIpc) is 3.27. The van der Waals surface area contributed by atoms with E-state index in [0.29, 0.717) is 23.0 Å². The van der Waals surface area contributed by atoms with Gasteiger partial charge in [0.25, 0.3) is 5.91 Å². The largest absolute Gasteiger partial charge is 0.495 e. The first-order valence-corrected chi connectivity index (χ1v) is 7.87. The number of rotatable bonds is 4. The molecule has 4 aromatic rings. The van der Waals surface area contributed by atoms with Crippen LogP contribution in [0.1, 0.15) is 16.2 Å². The minimum atomic E-state index is -0.381. The molecule has 26 heavy (non-hydrogen) atoms. The monoisotopic (exact) mass is 349 g/mol. The second kappa shape index (κ2) is 6.32. The maximum Gasteiger partial charge on any atom is 0.277 e. The Labute approximate surface area is 148 Å². The van der Waals surface area contributed by atoms with Gasteiger partial charge in [-0.1, -0.05) is 5.16 Å². The highest BCUT2D eigenvalue weighted by molar-refractivity contribution is 6.04. The zero-order valence-electron chi connectivity index (χ0n) is 14.1. The Morgan fingerprint density at radius 1 is 1.31 bits per heavy atom. The van der Waals surface area contributed by atoms with Gasteiger partial charge in [-0.3, -0.25) is 9.20 Å². The molecule has 0 saturated carbocycles. The minimum absolute atomic E-state index is 0.201. The van der Waals surface area contributed by atoms with Gasteiger partial charge in [0.1, 0.15) is 11.5 Å². The number of amides is 1. The van der Waals surface area contributed by atoms with E-state index in [1.807, 2.05) is 28.9 Å². The van der Waals surface area contributed by atoms with Crippen LogP contribution in [-0.2, 0) is 0 Å². The lowest BCUT2D eigenvalue weighted by atomic mass is 10.1. The van der Waals surface area contributed by atoms with Crippen LogP contribution in [-0.4, -0.2) is 32.5 Å². The standard InChI is InChI=1S/C18H15N5O3/c1-11-8-14(22-26-11)17(24)20-13-9-12(4-5-16(13)25-2)15-10-23-7-3-6-19-18(23)21-15/h3-10H,1-2H3,(H,20,24). The Hall–Kier alpha value is -3.68. The third-order valence-corrected chi connectivity index (χ3v) is 3.84. The first kappa shape index (κ1) is 15.8. The molecule has 0 aliphatic rings. The van der Waals surface area contributed by atoms with E-state index in [-0.39, 0.29) is 11.6 Å². The third kappa shape index (κ3) is 2.88. The number of aromatic nitrogens is 4. The van der Waals surface area contributed by atoms with Gasteiger partial charge in [0.05, 0.1) is 18.5 Å². The highest BCUT2D eigenvalue weighted by atomic mass is 16.5. The van der Waals surface area contributed by atoms with E-state index in [1.54, 1.807) is 38.4 Å². The van der Waals surface area contributed by atoms with Crippen LogP contribution in [0.4, 0.5) is 5.69 Å². The van der Waals surface area contributed by atoms with Gasteiger partial charge >= 0.3 is 0 Å². The second-order valence-electron chi connectivity index (χ2n) is 5.65. The summed E-state index contributed by atoms with van der Waals surface area (Å²) >= 11 is 0. The molecule has 8 nitrogen and oxygen atoms in total. The summed E-state index contributed by atoms with van der Waals surface area (Å²) in [6.45, 7) is 1.72. The number of hydrogen-bond donors (Lipinski definition) is 1. The lowest BCUT2D eigenvalue weighted by molar-refractivity contribution is 0.101. The topological polar surface area (TPSA) is 94.6 Å². The summed E-state index contributed by atoms with van der Waals surface area (Å²) < 4.78 is 12.1. The molecule has 0 spiro atoms. The summed E-state index contributed by atoms with van der Waals surface area (Å²) in [5.41, 5.74) is 2.27. The van der Waals surface area contributed by atoms with E-state index in [0.717, 1.165) is 11.3 Å². The number of fused-ring (bicyclic) bond motifs is 1. The van der Waals surface area contributed by atoms with Crippen LogP contribution >= 0.6 is 0 Å². The fourth-order valence-corrected chi connectivity index (χ4v) is 2.59. The number of carbonyl (C=O) groups excluding carboxylic acids is 1. The number of nitrogens with zero attached hydrogens (tertiary/aromatic N) is 4. The molecule has 1 amide bonds. The Kier molecular flexibility index (Phi) is 3.85.